The lowest BCUT2D eigenvalue weighted by Crippen LogP contribution is -2.26. The molecule has 0 aromatic heterocycles. The van der Waals surface area contributed by atoms with Crippen molar-refractivity contribution in [1.29, 1.82) is 0 Å². The zero-order valence-corrected chi connectivity index (χ0v) is 44.5. The summed E-state index contributed by atoms with van der Waals surface area (Å²) in [6.45, 7) is 14.1. The van der Waals surface area contributed by atoms with Crippen molar-refractivity contribution in [2.75, 3.05) is 0 Å². The van der Waals surface area contributed by atoms with Gasteiger partial charge in [0, 0.05) is 0 Å². The van der Waals surface area contributed by atoms with Crippen molar-refractivity contribution in [2.45, 2.75) is 253 Å². The number of benzene rings is 2. The van der Waals surface area contributed by atoms with E-state index < -0.39 is 0 Å². The fourth-order valence-corrected chi connectivity index (χ4v) is 14.9. The fourth-order valence-electron chi connectivity index (χ4n) is 14.9. The van der Waals surface area contributed by atoms with Gasteiger partial charge in [0.2, 0.25) is 0 Å². The highest BCUT2D eigenvalue weighted by atomic mass is 14.4. The predicted octanol–water partition coefficient (Wildman–Crippen LogP) is 20.3. The lowest BCUT2D eigenvalue weighted by molar-refractivity contribution is 0.148. The molecule has 0 aliphatic heterocycles. The molecule has 1 atom stereocenters. The Bertz CT molecular complexity index is 1600. The zero-order valence-electron chi connectivity index (χ0n) is 44.5. The van der Waals surface area contributed by atoms with Crippen LogP contribution in [0.4, 0.5) is 0 Å². The first-order chi connectivity index (χ1) is 32.1. The van der Waals surface area contributed by atoms with Crippen molar-refractivity contribution >= 4 is 0 Å². The summed E-state index contributed by atoms with van der Waals surface area (Å²) >= 11 is 0. The average molecular weight is 900 g/mol. The molecule has 66 heavy (non-hydrogen) atoms. The molecule has 1 unspecified atom stereocenters. The highest BCUT2D eigenvalue weighted by molar-refractivity contribution is 5.22. The third kappa shape index (κ3) is 17.5. The molecule has 0 nitrogen and oxygen atoms in total. The highest BCUT2D eigenvalue weighted by Gasteiger charge is 2.32. The maximum Gasteiger partial charge on any atom is -0.0203 e. The maximum absolute atomic E-state index is 2.61. The van der Waals surface area contributed by atoms with Gasteiger partial charge in [-0.2, -0.15) is 0 Å². The van der Waals surface area contributed by atoms with Crippen molar-refractivity contribution in [3.63, 3.8) is 0 Å². The minimum atomic E-state index is 0.944. The van der Waals surface area contributed by atoms with Gasteiger partial charge >= 0.3 is 0 Å². The highest BCUT2D eigenvalue weighted by Crippen LogP contribution is 2.45. The lowest BCUT2D eigenvalue weighted by Gasteiger charge is -2.38. The van der Waals surface area contributed by atoms with Gasteiger partial charge < -0.3 is 0 Å². The van der Waals surface area contributed by atoms with E-state index >= 15 is 0 Å². The van der Waals surface area contributed by atoms with Crippen LogP contribution in [0.2, 0.25) is 0 Å². The summed E-state index contributed by atoms with van der Waals surface area (Å²) in [6.07, 6.45) is 51.7. The van der Waals surface area contributed by atoms with Crippen molar-refractivity contribution in [3.8, 4) is 0 Å². The summed E-state index contributed by atoms with van der Waals surface area (Å²) in [5.74, 6) is 13.4. The van der Waals surface area contributed by atoms with Crippen LogP contribution in [0.1, 0.15) is 249 Å². The van der Waals surface area contributed by atoms with Crippen molar-refractivity contribution in [1.82, 2.24) is 0 Å². The molecule has 0 heteroatoms. The van der Waals surface area contributed by atoms with Gasteiger partial charge in [-0.25, -0.2) is 0 Å². The van der Waals surface area contributed by atoms with Crippen LogP contribution in [0.5, 0.6) is 0 Å². The van der Waals surface area contributed by atoms with Crippen LogP contribution >= 0.6 is 0 Å². The molecule has 0 bridgehead atoms. The summed E-state index contributed by atoms with van der Waals surface area (Å²) in [5, 5.41) is 0. The Hall–Kier alpha value is -1.82. The minimum Gasteiger partial charge on any atom is -0.0848 e. The predicted molar refractivity (Wildman–Crippen MR) is 289 cm³/mol. The van der Waals surface area contributed by atoms with Crippen molar-refractivity contribution in [2.24, 2.45) is 76.9 Å². The Kier molecular flexibility index (Phi) is 21.7. The number of aryl methyl sites for hydroxylation is 4. The Morgan fingerprint density at radius 2 is 0.652 bits per heavy atom. The third-order valence-electron chi connectivity index (χ3n) is 20.4. The van der Waals surface area contributed by atoms with E-state index in [1.165, 1.54) is 234 Å². The van der Waals surface area contributed by atoms with E-state index in [9.17, 15) is 0 Å². The van der Waals surface area contributed by atoms with Crippen LogP contribution < -0.4 is 0 Å². The summed E-state index contributed by atoms with van der Waals surface area (Å²) < 4.78 is 0. The molecule has 0 radical (unpaired) electrons. The molecule has 7 aliphatic rings. The van der Waals surface area contributed by atoms with Crippen molar-refractivity contribution in [3.05, 3.63) is 82.4 Å². The summed E-state index contributed by atoms with van der Waals surface area (Å²) in [4.78, 5) is 0. The standard InChI is InChI=1S/C24H38.C22H34.C20H34/c1-19-3-7-21(8-4-19)11-13-23-15-17-24(18-16-23)14-12-22-9-5-20(2)6-10-22;1-17-3-7-19(8-4-17)9-10-20-11-15-22(16-12-20)21-13-5-18(2)6-14-21;1-15-3-7-17(8-4-15)19-11-13-20(14-12-19)18-9-5-16(2)6-10-18/h3-4,7-8,20,22-24H,5-6,9-18H2,1-2H3;3-4,7-8,18,20-22H,5-6,9-16H2,1-2H3;7,15-16,18-20H,3-6,8-14H2,1-2H3. The molecule has 2 aromatic rings. The molecule has 7 aliphatic carbocycles. The Labute approximate surface area is 410 Å². The minimum absolute atomic E-state index is 0.944. The van der Waals surface area contributed by atoms with Gasteiger partial charge in [-0.15, -0.1) is 0 Å². The Morgan fingerprint density at radius 1 is 0.333 bits per heavy atom. The van der Waals surface area contributed by atoms with E-state index in [1.54, 1.807) is 0 Å². The van der Waals surface area contributed by atoms with E-state index in [2.05, 4.69) is 96.1 Å². The van der Waals surface area contributed by atoms with Gasteiger partial charge in [-0.1, -0.05) is 202 Å². The van der Waals surface area contributed by atoms with Crippen LogP contribution in [0.3, 0.4) is 0 Å². The van der Waals surface area contributed by atoms with Gasteiger partial charge in [-0.05, 0) is 211 Å². The first-order valence-electron chi connectivity index (χ1n) is 29.9. The molecular formula is C66H106. The average Bonchev–Trinajstić information content (AvgIpc) is 3.35. The van der Waals surface area contributed by atoms with Crippen LogP contribution in [0.25, 0.3) is 0 Å². The van der Waals surface area contributed by atoms with E-state index in [4.69, 9.17) is 0 Å². The second-order valence-corrected chi connectivity index (χ2v) is 25.7. The van der Waals surface area contributed by atoms with Crippen LogP contribution in [0.15, 0.2) is 60.2 Å². The summed E-state index contributed by atoms with van der Waals surface area (Å²) in [6, 6.07) is 18.3. The largest absolute Gasteiger partial charge is 0.0848 e. The fraction of sp³-hybridized carbons (Fsp3) is 0.788. The van der Waals surface area contributed by atoms with Gasteiger partial charge in [0.15, 0.2) is 0 Å². The smallest absolute Gasteiger partial charge is 0.0203 e. The number of hydrogen-bond donors (Lipinski definition) is 0. The molecule has 0 N–H and O–H groups in total. The molecule has 0 spiro atoms. The zero-order chi connectivity index (χ0) is 46.1. The topological polar surface area (TPSA) is 0 Å². The quantitative estimate of drug-likeness (QED) is 0.186. The van der Waals surface area contributed by atoms with E-state index in [0.29, 0.717) is 0 Å². The second-order valence-electron chi connectivity index (χ2n) is 25.7. The molecule has 6 saturated carbocycles. The first-order valence-corrected chi connectivity index (χ1v) is 29.9. The Balaban J connectivity index is 0.000000148. The SMILES string of the molecule is CC1CC=C(C2CCC(C3CCC(C)CC3)CC2)CC1.Cc1ccc(CCC2CCC(C3CCC(C)CC3)CC2)cc1.Cc1ccc(CCC2CCC(CCC3CCC(C)CC3)CC2)cc1. The summed E-state index contributed by atoms with van der Waals surface area (Å²) in [5.41, 5.74) is 7.68. The molecule has 0 heterocycles. The third-order valence-corrected chi connectivity index (χ3v) is 20.4. The molecule has 0 amide bonds. The molecule has 2 aromatic carbocycles. The Morgan fingerprint density at radius 3 is 1.03 bits per heavy atom. The number of rotatable bonds is 12. The van der Waals surface area contributed by atoms with E-state index in [1.807, 2.05) is 5.57 Å². The molecule has 9 rings (SSSR count). The molecule has 6 fully saturated rings. The molecule has 0 saturated heterocycles. The number of hydrogen-bond acceptors (Lipinski definition) is 0. The normalized spacial score (nSPS) is 35.3. The van der Waals surface area contributed by atoms with E-state index in [-0.39, 0.29) is 0 Å². The van der Waals surface area contributed by atoms with Crippen molar-refractivity contribution < 1.29 is 0 Å². The molecular weight excluding hydrogens is 793 g/mol. The monoisotopic (exact) mass is 899 g/mol. The van der Waals surface area contributed by atoms with Gasteiger partial charge in [-0.3, -0.25) is 0 Å². The van der Waals surface area contributed by atoms with Crippen LogP contribution in [0, 0.1) is 90.8 Å². The second kappa shape index (κ2) is 27.5. The van der Waals surface area contributed by atoms with Gasteiger partial charge in [0.25, 0.3) is 0 Å². The van der Waals surface area contributed by atoms with Crippen LogP contribution in [-0.2, 0) is 12.8 Å². The maximum atomic E-state index is 2.61. The number of allylic oxidation sites excluding steroid dienone is 2. The first kappa shape index (κ1) is 52.0. The molecule has 370 valence electrons. The van der Waals surface area contributed by atoms with Gasteiger partial charge in [0.1, 0.15) is 0 Å². The van der Waals surface area contributed by atoms with Gasteiger partial charge in [0.05, 0.1) is 0 Å². The summed E-state index contributed by atoms with van der Waals surface area (Å²) in [7, 11) is 0. The lowest BCUT2D eigenvalue weighted by atomic mass is 9.67. The van der Waals surface area contributed by atoms with E-state index in [0.717, 1.165) is 76.9 Å². The van der Waals surface area contributed by atoms with Crippen LogP contribution in [-0.4, -0.2) is 0 Å².